The molecule has 1 aromatic rings. The van der Waals surface area contributed by atoms with Crippen LogP contribution in [0.25, 0.3) is 0 Å². The van der Waals surface area contributed by atoms with Crippen molar-refractivity contribution in [1.29, 1.82) is 0 Å². The quantitative estimate of drug-likeness (QED) is 0.581. The Bertz CT molecular complexity index is 1110. The van der Waals surface area contributed by atoms with Gasteiger partial charge in [-0.15, -0.1) is 0 Å². The van der Waals surface area contributed by atoms with Crippen molar-refractivity contribution in [2.75, 3.05) is 19.8 Å². The molecule has 4 heterocycles. The highest BCUT2D eigenvalue weighted by Gasteiger charge is 2.58. The number of carbonyl (C=O) groups is 3. The molecule has 9 nitrogen and oxygen atoms in total. The fraction of sp³-hybridized carbons (Fsp3) is 0.710. The van der Waals surface area contributed by atoms with E-state index in [9.17, 15) is 14.4 Å². The van der Waals surface area contributed by atoms with Crippen molar-refractivity contribution < 1.29 is 23.9 Å². The van der Waals surface area contributed by atoms with Crippen molar-refractivity contribution in [2.24, 2.45) is 0 Å². The Morgan fingerprint density at radius 1 is 1.02 bits per heavy atom. The summed E-state index contributed by atoms with van der Waals surface area (Å²) in [6.45, 7) is 7.53. The van der Waals surface area contributed by atoms with E-state index in [0.29, 0.717) is 44.6 Å². The molecule has 1 spiro atoms. The van der Waals surface area contributed by atoms with Gasteiger partial charge in [-0.2, -0.15) is 0 Å². The van der Waals surface area contributed by atoms with Crippen molar-refractivity contribution >= 4 is 17.9 Å². The summed E-state index contributed by atoms with van der Waals surface area (Å²) in [6.07, 6.45) is 5.99. The van der Waals surface area contributed by atoms with Gasteiger partial charge in [0.05, 0.1) is 19.3 Å². The lowest BCUT2D eigenvalue weighted by molar-refractivity contribution is -0.148. The van der Waals surface area contributed by atoms with E-state index in [1.165, 1.54) is 5.56 Å². The summed E-state index contributed by atoms with van der Waals surface area (Å²) in [6, 6.07) is 9.75. The average Bonchev–Trinajstić information content (AvgIpc) is 3.37. The molecular weight excluding hydrogens is 508 g/mol. The molecule has 1 saturated carbocycles. The molecule has 40 heavy (non-hydrogen) atoms. The predicted molar refractivity (Wildman–Crippen MR) is 150 cm³/mol. The number of alkyl carbamates (subject to hydrolysis) is 1. The van der Waals surface area contributed by atoms with Gasteiger partial charge in [-0.05, 0) is 77.7 Å². The van der Waals surface area contributed by atoms with Crippen molar-refractivity contribution in [3.8, 4) is 0 Å². The molecule has 4 aliphatic heterocycles. The SMILES string of the molecule is CC(C)(C)OC(=O)N[C@H]1CC[C@H](NC2COC2)C[C@H]2CC[C@@H](C(=O)N3C[C@@H](c4ccccc4)CC34CC4)N2C1=O. The van der Waals surface area contributed by atoms with Gasteiger partial charge in [0.25, 0.3) is 0 Å². The third kappa shape index (κ3) is 5.59. The zero-order valence-corrected chi connectivity index (χ0v) is 24.1. The molecule has 2 N–H and O–H groups in total. The fourth-order valence-corrected chi connectivity index (χ4v) is 7.33. The lowest BCUT2D eigenvalue weighted by Crippen LogP contribution is -2.60. The summed E-state index contributed by atoms with van der Waals surface area (Å²) >= 11 is 0. The smallest absolute Gasteiger partial charge is 0.408 e. The maximum absolute atomic E-state index is 14.3. The highest BCUT2D eigenvalue weighted by Crippen LogP contribution is 2.54. The summed E-state index contributed by atoms with van der Waals surface area (Å²) in [5.74, 6) is 0.258. The Morgan fingerprint density at radius 3 is 2.42 bits per heavy atom. The van der Waals surface area contributed by atoms with Gasteiger partial charge in [0.2, 0.25) is 11.8 Å². The van der Waals surface area contributed by atoms with Gasteiger partial charge in [-0.3, -0.25) is 9.59 Å². The van der Waals surface area contributed by atoms with Crippen LogP contribution in [0.5, 0.6) is 0 Å². The highest BCUT2D eigenvalue weighted by atomic mass is 16.6. The van der Waals surface area contributed by atoms with Crippen molar-refractivity contribution in [3.63, 3.8) is 0 Å². The Morgan fingerprint density at radius 2 is 1.77 bits per heavy atom. The third-order valence-electron chi connectivity index (χ3n) is 9.47. The first-order valence-electron chi connectivity index (χ1n) is 15.1. The molecule has 6 rings (SSSR count). The van der Waals surface area contributed by atoms with Crippen molar-refractivity contribution in [1.82, 2.24) is 20.4 Å². The van der Waals surface area contributed by atoms with Crippen LogP contribution in [0.15, 0.2) is 30.3 Å². The molecule has 5 aliphatic rings. The number of rotatable bonds is 5. The molecule has 0 bridgehead atoms. The molecule has 5 atom stereocenters. The third-order valence-corrected chi connectivity index (χ3v) is 9.47. The van der Waals surface area contributed by atoms with Crippen molar-refractivity contribution in [3.05, 3.63) is 35.9 Å². The van der Waals surface area contributed by atoms with Gasteiger partial charge in [-0.25, -0.2) is 4.79 Å². The van der Waals surface area contributed by atoms with E-state index in [2.05, 4.69) is 39.8 Å². The molecule has 5 fully saturated rings. The maximum Gasteiger partial charge on any atom is 0.408 e. The van der Waals surface area contributed by atoms with Gasteiger partial charge in [0.15, 0.2) is 0 Å². The topological polar surface area (TPSA) is 100 Å². The molecule has 0 aromatic heterocycles. The van der Waals surface area contributed by atoms with E-state index in [4.69, 9.17) is 9.47 Å². The van der Waals surface area contributed by atoms with E-state index in [-0.39, 0.29) is 29.4 Å². The molecule has 3 amide bonds. The number of ether oxygens (including phenoxy) is 2. The number of benzene rings is 1. The number of nitrogens with one attached hydrogen (secondary N) is 2. The Labute approximate surface area is 237 Å². The number of fused-ring (bicyclic) bond motifs is 1. The molecular formula is C31H44N4O5. The lowest BCUT2D eigenvalue weighted by Gasteiger charge is -2.40. The summed E-state index contributed by atoms with van der Waals surface area (Å²) in [4.78, 5) is 45.1. The van der Waals surface area contributed by atoms with Crippen LogP contribution < -0.4 is 10.6 Å². The van der Waals surface area contributed by atoms with E-state index in [1.54, 1.807) is 0 Å². The second-order valence-electron chi connectivity index (χ2n) is 13.6. The van der Waals surface area contributed by atoms with Crippen LogP contribution in [0, 0.1) is 0 Å². The van der Waals surface area contributed by atoms with Crippen LogP contribution in [0.4, 0.5) is 4.79 Å². The number of carbonyl (C=O) groups excluding carboxylic acids is 3. The zero-order valence-electron chi connectivity index (χ0n) is 24.1. The fourth-order valence-electron chi connectivity index (χ4n) is 7.33. The second-order valence-corrected chi connectivity index (χ2v) is 13.6. The number of hydrogen-bond donors (Lipinski definition) is 2. The van der Waals surface area contributed by atoms with E-state index >= 15 is 0 Å². The molecule has 218 valence electrons. The first-order chi connectivity index (χ1) is 19.1. The Balaban J connectivity index is 1.22. The molecule has 9 heteroatoms. The van der Waals surface area contributed by atoms with Crippen LogP contribution >= 0.6 is 0 Å². The molecule has 0 unspecified atom stereocenters. The van der Waals surface area contributed by atoms with Gasteiger partial charge >= 0.3 is 6.09 Å². The van der Waals surface area contributed by atoms with E-state index in [1.807, 2.05) is 31.7 Å². The van der Waals surface area contributed by atoms with E-state index < -0.39 is 23.8 Å². The summed E-state index contributed by atoms with van der Waals surface area (Å²) < 4.78 is 10.9. The first-order valence-corrected chi connectivity index (χ1v) is 15.1. The van der Waals surface area contributed by atoms with Crippen LogP contribution in [0.3, 0.4) is 0 Å². The van der Waals surface area contributed by atoms with Crippen LogP contribution in [-0.4, -0.2) is 88.8 Å². The minimum Gasteiger partial charge on any atom is -0.444 e. The summed E-state index contributed by atoms with van der Waals surface area (Å²) in [5, 5.41) is 6.57. The van der Waals surface area contributed by atoms with Gasteiger partial charge in [0, 0.05) is 30.1 Å². The largest absolute Gasteiger partial charge is 0.444 e. The molecule has 0 radical (unpaired) electrons. The monoisotopic (exact) mass is 552 g/mol. The van der Waals surface area contributed by atoms with Gasteiger partial charge < -0.3 is 29.9 Å². The Kier molecular flexibility index (Phi) is 7.32. The number of amides is 3. The van der Waals surface area contributed by atoms with Crippen LogP contribution in [0.2, 0.25) is 0 Å². The minimum absolute atomic E-state index is 0.0362. The molecule has 1 aliphatic carbocycles. The lowest BCUT2D eigenvalue weighted by atomic mass is 9.94. The number of hydrogen-bond acceptors (Lipinski definition) is 6. The summed E-state index contributed by atoms with van der Waals surface area (Å²) in [7, 11) is 0. The normalized spacial score (nSPS) is 31.8. The molecule has 1 aromatic carbocycles. The average molecular weight is 553 g/mol. The minimum atomic E-state index is -0.724. The number of likely N-dealkylation sites (tertiary alicyclic amines) is 1. The number of nitrogens with zero attached hydrogens (tertiary/aromatic N) is 2. The van der Waals surface area contributed by atoms with Crippen molar-refractivity contribution in [2.45, 2.75) is 119 Å². The van der Waals surface area contributed by atoms with Crippen LogP contribution in [0.1, 0.15) is 83.6 Å². The van der Waals surface area contributed by atoms with Gasteiger partial charge in [0.1, 0.15) is 17.7 Å². The van der Waals surface area contributed by atoms with E-state index in [0.717, 1.165) is 38.5 Å². The Hall–Kier alpha value is -2.65. The maximum atomic E-state index is 14.3. The predicted octanol–water partition coefficient (Wildman–Crippen LogP) is 3.33. The second kappa shape index (κ2) is 10.6. The van der Waals surface area contributed by atoms with Gasteiger partial charge in [-0.1, -0.05) is 30.3 Å². The zero-order chi connectivity index (χ0) is 28.1. The first kappa shape index (κ1) is 27.5. The summed E-state index contributed by atoms with van der Waals surface area (Å²) in [5.41, 5.74) is 0.553. The molecule has 4 saturated heterocycles. The highest BCUT2D eigenvalue weighted by molar-refractivity contribution is 5.93. The van der Waals surface area contributed by atoms with Crippen LogP contribution in [-0.2, 0) is 19.1 Å². The standard InChI is InChI=1S/C31H44N4O5/c1-30(2,3)40-29(38)33-25-11-9-22(32-23-18-39-19-23)15-24-10-12-26(35(24)27(25)36)28(37)34-17-21(16-31(34)13-14-31)20-7-5-4-6-8-20/h4-8,21-26,32H,9-19H2,1-3H3,(H,33,38)/t21-,22-,24+,25-,26-/m0/s1.